The molecule has 9 rings (SSSR count). The predicted molar refractivity (Wildman–Crippen MR) is 189 cm³/mol. The summed E-state index contributed by atoms with van der Waals surface area (Å²) in [4.78, 5) is 0. The van der Waals surface area contributed by atoms with Crippen LogP contribution in [0.3, 0.4) is 0 Å². The summed E-state index contributed by atoms with van der Waals surface area (Å²) < 4.78 is 2.43. The van der Waals surface area contributed by atoms with Gasteiger partial charge in [-0.05, 0) is 73.3 Å². The van der Waals surface area contributed by atoms with Gasteiger partial charge in [0.1, 0.15) is 0 Å². The second kappa shape index (κ2) is 9.80. The molecule has 7 aromatic carbocycles. The number of hydrogen-bond acceptors (Lipinski definition) is 0. The molecule has 1 aliphatic rings. The van der Waals surface area contributed by atoms with E-state index >= 15 is 0 Å². The van der Waals surface area contributed by atoms with Crippen LogP contribution in [0.1, 0.15) is 0 Å². The molecule has 0 spiro atoms. The van der Waals surface area contributed by atoms with Gasteiger partial charge >= 0.3 is 0 Å². The van der Waals surface area contributed by atoms with Gasteiger partial charge in [0.25, 0.3) is 0 Å². The summed E-state index contributed by atoms with van der Waals surface area (Å²) in [6.07, 6.45) is 0. The molecule has 0 N–H and O–H groups in total. The largest absolute Gasteiger partial charge is 0.309 e. The molecule has 8 aromatic rings. The van der Waals surface area contributed by atoms with Crippen LogP contribution in [0.5, 0.6) is 0 Å². The fourth-order valence-electron chi connectivity index (χ4n) is 7.72. The Kier molecular flexibility index (Phi) is 5.59. The number of rotatable bonds is 3. The Hall–Kier alpha value is -5.44. The fraction of sp³-hybridized carbons (Fsp3) is 0. The standard InChI is InChI=1S/C42H29NSi/c1-4-16-30(17-5-1)43-39-25-13-10-22-33(39)38-28-36-34-23-11-14-26-41(34)44(31-18-6-2-7-19-31,32-20-8-3-9-21-32)42-27-15-12-24-35(42)37(36)29-40(38)43/h1-29H. The van der Waals surface area contributed by atoms with E-state index in [1.54, 1.807) is 0 Å². The van der Waals surface area contributed by atoms with Gasteiger partial charge in [-0.2, -0.15) is 0 Å². The third-order valence-electron chi connectivity index (χ3n) is 9.48. The maximum atomic E-state index is 2.47. The highest BCUT2D eigenvalue weighted by Crippen LogP contribution is 2.42. The average molecular weight is 576 g/mol. The summed E-state index contributed by atoms with van der Waals surface area (Å²) in [5.41, 5.74) is 8.89. The third-order valence-corrected chi connectivity index (χ3v) is 14.4. The molecule has 1 aromatic heterocycles. The lowest BCUT2D eigenvalue weighted by Crippen LogP contribution is -2.75. The van der Waals surface area contributed by atoms with E-state index in [1.165, 1.54) is 70.5 Å². The number of nitrogens with zero attached hydrogens (tertiary/aromatic N) is 1. The third kappa shape index (κ3) is 3.46. The maximum absolute atomic E-state index is 2.72. The Morgan fingerprint density at radius 2 is 0.818 bits per heavy atom. The SMILES string of the molecule is c1ccc(-n2c3ccccc3c3cc4c(cc32)-c2ccccc2[Si](c2ccccc2)(c2ccccc2)c2ccccc2-4)cc1. The van der Waals surface area contributed by atoms with Crippen molar-refractivity contribution in [3.8, 4) is 27.9 Å². The molecule has 206 valence electrons. The highest BCUT2D eigenvalue weighted by Gasteiger charge is 2.46. The lowest BCUT2D eigenvalue weighted by atomic mass is 9.92. The second-order valence-electron chi connectivity index (χ2n) is 11.7. The van der Waals surface area contributed by atoms with Crippen molar-refractivity contribution in [1.29, 1.82) is 0 Å². The van der Waals surface area contributed by atoms with Crippen LogP contribution in [0.25, 0.3) is 49.7 Å². The molecule has 0 saturated carbocycles. The van der Waals surface area contributed by atoms with Crippen LogP contribution >= 0.6 is 0 Å². The first kappa shape index (κ1) is 25.1. The van der Waals surface area contributed by atoms with Crippen molar-refractivity contribution in [2.75, 3.05) is 0 Å². The minimum absolute atomic E-state index is 1.18. The van der Waals surface area contributed by atoms with Gasteiger partial charge in [0.05, 0.1) is 11.0 Å². The zero-order chi connectivity index (χ0) is 29.1. The molecule has 1 aliphatic heterocycles. The Morgan fingerprint density at radius 1 is 0.341 bits per heavy atom. The van der Waals surface area contributed by atoms with E-state index < -0.39 is 8.07 Å². The Morgan fingerprint density at radius 3 is 1.43 bits per heavy atom. The van der Waals surface area contributed by atoms with E-state index in [-0.39, 0.29) is 0 Å². The Bertz CT molecular complexity index is 2280. The lowest BCUT2D eigenvalue weighted by Gasteiger charge is -2.35. The zero-order valence-electron chi connectivity index (χ0n) is 24.2. The van der Waals surface area contributed by atoms with Crippen molar-refractivity contribution in [2.45, 2.75) is 0 Å². The quantitative estimate of drug-likeness (QED) is 0.189. The summed E-state index contributed by atoms with van der Waals surface area (Å²) in [6, 6.07) is 65.5. The van der Waals surface area contributed by atoms with E-state index in [0.29, 0.717) is 0 Å². The Balaban J connectivity index is 1.49. The summed E-state index contributed by atoms with van der Waals surface area (Å²) in [6.45, 7) is 0. The summed E-state index contributed by atoms with van der Waals surface area (Å²) >= 11 is 0. The van der Waals surface area contributed by atoms with E-state index in [0.717, 1.165) is 0 Å². The topological polar surface area (TPSA) is 4.93 Å². The number of para-hydroxylation sites is 2. The van der Waals surface area contributed by atoms with Gasteiger partial charge in [0, 0.05) is 16.5 Å². The molecule has 44 heavy (non-hydrogen) atoms. The molecule has 0 bridgehead atoms. The van der Waals surface area contributed by atoms with Gasteiger partial charge in [-0.3, -0.25) is 0 Å². The molecule has 0 radical (unpaired) electrons. The highest BCUT2D eigenvalue weighted by molar-refractivity contribution is 7.21. The van der Waals surface area contributed by atoms with Crippen LogP contribution in [0.2, 0.25) is 0 Å². The molecule has 0 aliphatic carbocycles. The summed E-state index contributed by atoms with van der Waals surface area (Å²) in [5, 5.41) is 8.24. The monoisotopic (exact) mass is 575 g/mol. The molecule has 0 saturated heterocycles. The van der Waals surface area contributed by atoms with Gasteiger partial charge in [0.15, 0.2) is 8.07 Å². The zero-order valence-corrected chi connectivity index (χ0v) is 25.2. The minimum atomic E-state index is -2.72. The first-order valence-corrected chi connectivity index (χ1v) is 17.3. The molecule has 2 heterocycles. The van der Waals surface area contributed by atoms with Gasteiger partial charge in [0.2, 0.25) is 0 Å². The molecular weight excluding hydrogens is 547 g/mol. The van der Waals surface area contributed by atoms with Crippen molar-refractivity contribution >= 4 is 50.6 Å². The van der Waals surface area contributed by atoms with Crippen molar-refractivity contribution < 1.29 is 0 Å². The molecule has 0 unspecified atom stereocenters. The highest BCUT2D eigenvalue weighted by atomic mass is 28.3. The normalized spacial score (nSPS) is 13.2. The molecule has 2 heteroatoms. The smallest absolute Gasteiger partial charge is 0.180 e. The fourth-order valence-corrected chi connectivity index (χ4v) is 12.9. The van der Waals surface area contributed by atoms with Crippen LogP contribution < -0.4 is 20.7 Å². The number of hydrogen-bond donors (Lipinski definition) is 0. The lowest BCUT2D eigenvalue weighted by molar-refractivity contribution is 1.18. The van der Waals surface area contributed by atoms with E-state index in [1.807, 2.05) is 0 Å². The molecular formula is C42H29NSi. The first-order valence-electron chi connectivity index (χ1n) is 15.3. The Labute approximate surface area is 258 Å². The van der Waals surface area contributed by atoms with Gasteiger partial charge < -0.3 is 4.57 Å². The van der Waals surface area contributed by atoms with Crippen molar-refractivity contribution in [2.24, 2.45) is 0 Å². The molecule has 0 fully saturated rings. The van der Waals surface area contributed by atoms with E-state index in [4.69, 9.17) is 0 Å². The van der Waals surface area contributed by atoms with Gasteiger partial charge in [-0.1, -0.05) is 146 Å². The van der Waals surface area contributed by atoms with Crippen molar-refractivity contribution in [3.05, 3.63) is 176 Å². The van der Waals surface area contributed by atoms with Crippen molar-refractivity contribution in [1.82, 2.24) is 4.57 Å². The summed E-state index contributed by atoms with van der Waals surface area (Å²) in [5.74, 6) is 0. The minimum Gasteiger partial charge on any atom is -0.309 e. The maximum Gasteiger partial charge on any atom is 0.180 e. The molecule has 0 amide bonds. The van der Waals surface area contributed by atoms with Crippen molar-refractivity contribution in [3.63, 3.8) is 0 Å². The van der Waals surface area contributed by atoms with Crippen LogP contribution in [0, 0.1) is 0 Å². The molecule has 1 nitrogen and oxygen atoms in total. The predicted octanol–water partition coefficient (Wildman–Crippen LogP) is 7.81. The molecule has 0 atom stereocenters. The van der Waals surface area contributed by atoms with E-state index in [9.17, 15) is 0 Å². The second-order valence-corrected chi connectivity index (χ2v) is 15.4. The van der Waals surface area contributed by atoms with Crippen LogP contribution in [-0.2, 0) is 0 Å². The van der Waals surface area contributed by atoms with E-state index in [2.05, 4.69) is 180 Å². The number of aromatic nitrogens is 1. The van der Waals surface area contributed by atoms with Gasteiger partial charge in [-0.15, -0.1) is 0 Å². The van der Waals surface area contributed by atoms with Crippen LogP contribution in [-0.4, -0.2) is 12.6 Å². The van der Waals surface area contributed by atoms with Crippen LogP contribution in [0.4, 0.5) is 0 Å². The average Bonchev–Trinajstić information content (AvgIpc) is 3.38. The first-order chi connectivity index (χ1) is 21.9. The van der Waals surface area contributed by atoms with Crippen LogP contribution in [0.15, 0.2) is 176 Å². The summed E-state index contributed by atoms with van der Waals surface area (Å²) in [7, 11) is -2.72. The number of benzene rings is 7. The number of fused-ring (bicyclic) bond motifs is 8. The van der Waals surface area contributed by atoms with Gasteiger partial charge in [-0.25, -0.2) is 0 Å².